The quantitative estimate of drug-likeness (QED) is 0.766. The second kappa shape index (κ2) is 5.95. The molecule has 0 aliphatic rings. The van der Waals surface area contributed by atoms with Crippen LogP contribution in [0.25, 0.3) is 0 Å². The van der Waals surface area contributed by atoms with Crippen LogP contribution in [0.2, 0.25) is 0 Å². The summed E-state index contributed by atoms with van der Waals surface area (Å²) >= 11 is 0. The largest absolute Gasteiger partial charge is 0.478 e. The average molecular weight is 231 g/mol. The van der Waals surface area contributed by atoms with E-state index in [0.29, 0.717) is 12.0 Å². The van der Waals surface area contributed by atoms with E-state index in [4.69, 9.17) is 11.5 Å². The fourth-order valence-electron chi connectivity index (χ4n) is 1.67. The molecular weight excluding hydrogens is 214 g/mol. The lowest BCUT2D eigenvalue weighted by Gasteiger charge is -2.16. The third-order valence-corrected chi connectivity index (χ3v) is 2.68. The van der Waals surface area contributed by atoms with Gasteiger partial charge in [-0.25, -0.2) is 4.79 Å². The number of benzene rings is 1. The van der Waals surface area contributed by atoms with Crippen molar-refractivity contribution >= 4 is 11.7 Å². The highest BCUT2D eigenvalue weighted by Gasteiger charge is 2.09. The van der Waals surface area contributed by atoms with Gasteiger partial charge in [0.2, 0.25) is 0 Å². The van der Waals surface area contributed by atoms with Gasteiger partial charge in [-0.05, 0) is 37.1 Å². The molecule has 0 saturated carbocycles. The van der Waals surface area contributed by atoms with Crippen LogP contribution in [-0.4, -0.2) is 17.1 Å². The molecule has 90 valence electrons. The van der Waals surface area contributed by atoms with Gasteiger partial charge >= 0.3 is 5.97 Å². The SMILES string of the molecule is C#CCC(CC)Nc1ccc(C(=O)O)c(C)c1. The molecule has 0 radical (unpaired) electrons. The van der Waals surface area contributed by atoms with Crippen molar-refractivity contribution in [1.82, 2.24) is 0 Å². The summed E-state index contributed by atoms with van der Waals surface area (Å²) in [5, 5.41) is 12.2. The third kappa shape index (κ3) is 3.53. The Kier molecular flexibility index (Phi) is 4.59. The predicted molar refractivity (Wildman–Crippen MR) is 69.3 cm³/mol. The number of hydrogen-bond acceptors (Lipinski definition) is 2. The van der Waals surface area contributed by atoms with Gasteiger partial charge in [-0.2, -0.15) is 0 Å². The van der Waals surface area contributed by atoms with Crippen LogP contribution in [0.3, 0.4) is 0 Å². The summed E-state index contributed by atoms with van der Waals surface area (Å²) < 4.78 is 0. The second-order valence-corrected chi connectivity index (χ2v) is 3.99. The number of rotatable bonds is 5. The van der Waals surface area contributed by atoms with E-state index in [1.54, 1.807) is 19.1 Å². The molecule has 0 amide bonds. The predicted octanol–water partition coefficient (Wildman–Crippen LogP) is 2.91. The maximum absolute atomic E-state index is 10.9. The Bertz CT molecular complexity index is 446. The number of terminal acetylenes is 1. The lowest BCUT2D eigenvalue weighted by atomic mass is 10.1. The van der Waals surface area contributed by atoms with E-state index in [0.717, 1.165) is 17.7 Å². The van der Waals surface area contributed by atoms with E-state index in [1.807, 2.05) is 6.07 Å². The summed E-state index contributed by atoms with van der Waals surface area (Å²) in [7, 11) is 0. The molecule has 0 bridgehead atoms. The number of carboxylic acid groups (broad SMARTS) is 1. The Hall–Kier alpha value is -1.95. The number of carboxylic acids is 1. The van der Waals surface area contributed by atoms with E-state index in [1.165, 1.54) is 0 Å². The Labute approximate surface area is 102 Å². The smallest absolute Gasteiger partial charge is 0.335 e. The van der Waals surface area contributed by atoms with Crippen molar-refractivity contribution in [2.75, 3.05) is 5.32 Å². The highest BCUT2D eigenvalue weighted by Crippen LogP contribution is 2.17. The summed E-state index contributed by atoms with van der Waals surface area (Å²) in [4.78, 5) is 10.9. The molecule has 0 saturated heterocycles. The molecule has 1 atom stereocenters. The van der Waals surface area contributed by atoms with Crippen molar-refractivity contribution < 1.29 is 9.90 Å². The molecule has 0 aliphatic carbocycles. The molecule has 0 spiro atoms. The Balaban J connectivity index is 2.84. The van der Waals surface area contributed by atoms with Gasteiger partial charge in [-0.15, -0.1) is 12.3 Å². The fraction of sp³-hybridized carbons (Fsp3) is 0.357. The summed E-state index contributed by atoms with van der Waals surface area (Å²) in [5.41, 5.74) is 1.99. The highest BCUT2D eigenvalue weighted by molar-refractivity contribution is 5.89. The normalized spacial score (nSPS) is 11.6. The molecule has 1 aromatic rings. The van der Waals surface area contributed by atoms with Crippen LogP contribution in [0, 0.1) is 19.3 Å². The van der Waals surface area contributed by atoms with Crippen molar-refractivity contribution in [1.29, 1.82) is 0 Å². The van der Waals surface area contributed by atoms with Crippen LogP contribution in [0.1, 0.15) is 35.7 Å². The van der Waals surface area contributed by atoms with Crippen LogP contribution in [0.15, 0.2) is 18.2 Å². The van der Waals surface area contributed by atoms with Crippen molar-refractivity contribution in [2.45, 2.75) is 32.7 Å². The second-order valence-electron chi connectivity index (χ2n) is 3.99. The number of aromatic carboxylic acids is 1. The van der Waals surface area contributed by atoms with Crippen LogP contribution >= 0.6 is 0 Å². The van der Waals surface area contributed by atoms with E-state index < -0.39 is 5.97 Å². The first-order valence-electron chi connectivity index (χ1n) is 5.62. The molecule has 3 nitrogen and oxygen atoms in total. The van der Waals surface area contributed by atoms with Gasteiger partial charge in [0.25, 0.3) is 0 Å². The molecular formula is C14H17NO2. The minimum atomic E-state index is -0.898. The van der Waals surface area contributed by atoms with E-state index in [2.05, 4.69) is 18.2 Å². The topological polar surface area (TPSA) is 49.3 Å². The Morgan fingerprint density at radius 3 is 2.76 bits per heavy atom. The van der Waals surface area contributed by atoms with Crippen LogP contribution in [0.4, 0.5) is 5.69 Å². The number of hydrogen-bond donors (Lipinski definition) is 2. The lowest BCUT2D eigenvalue weighted by molar-refractivity contribution is 0.0696. The monoisotopic (exact) mass is 231 g/mol. The molecule has 17 heavy (non-hydrogen) atoms. The lowest BCUT2D eigenvalue weighted by Crippen LogP contribution is -2.17. The maximum Gasteiger partial charge on any atom is 0.335 e. The molecule has 1 rings (SSSR count). The zero-order chi connectivity index (χ0) is 12.8. The van der Waals surface area contributed by atoms with Gasteiger partial charge in [0.15, 0.2) is 0 Å². The first kappa shape index (κ1) is 13.1. The van der Waals surface area contributed by atoms with Gasteiger partial charge in [0.05, 0.1) is 5.56 Å². The molecule has 2 N–H and O–H groups in total. The van der Waals surface area contributed by atoms with Crippen LogP contribution < -0.4 is 5.32 Å². The maximum atomic E-state index is 10.9. The highest BCUT2D eigenvalue weighted by atomic mass is 16.4. The minimum absolute atomic E-state index is 0.232. The average Bonchev–Trinajstić information content (AvgIpc) is 2.28. The number of nitrogens with one attached hydrogen (secondary N) is 1. The zero-order valence-corrected chi connectivity index (χ0v) is 10.2. The van der Waals surface area contributed by atoms with E-state index in [-0.39, 0.29) is 6.04 Å². The summed E-state index contributed by atoms with van der Waals surface area (Å²) in [5.74, 6) is 1.73. The fourth-order valence-corrected chi connectivity index (χ4v) is 1.67. The molecule has 0 heterocycles. The molecule has 1 aromatic carbocycles. The van der Waals surface area contributed by atoms with Crippen molar-refractivity contribution in [2.24, 2.45) is 0 Å². The molecule has 0 fully saturated rings. The number of carbonyl (C=O) groups is 1. The van der Waals surface area contributed by atoms with Crippen molar-refractivity contribution in [3.63, 3.8) is 0 Å². The molecule has 0 aromatic heterocycles. The molecule has 1 unspecified atom stereocenters. The summed E-state index contributed by atoms with van der Waals surface area (Å²) in [6.07, 6.45) is 6.88. The van der Waals surface area contributed by atoms with Gasteiger partial charge in [-0.3, -0.25) is 0 Å². The van der Waals surface area contributed by atoms with Gasteiger partial charge in [0.1, 0.15) is 0 Å². The number of aryl methyl sites for hydroxylation is 1. The number of anilines is 1. The van der Waals surface area contributed by atoms with Crippen molar-refractivity contribution in [3.8, 4) is 12.3 Å². The first-order valence-corrected chi connectivity index (χ1v) is 5.62. The molecule has 0 aliphatic heterocycles. The van der Waals surface area contributed by atoms with Crippen LogP contribution in [-0.2, 0) is 0 Å². The van der Waals surface area contributed by atoms with Gasteiger partial charge in [0, 0.05) is 18.2 Å². The summed E-state index contributed by atoms with van der Waals surface area (Å²) in [6.45, 7) is 3.85. The van der Waals surface area contributed by atoms with E-state index >= 15 is 0 Å². The minimum Gasteiger partial charge on any atom is -0.478 e. The van der Waals surface area contributed by atoms with Gasteiger partial charge < -0.3 is 10.4 Å². The Morgan fingerprint density at radius 2 is 2.29 bits per heavy atom. The third-order valence-electron chi connectivity index (χ3n) is 2.68. The first-order chi connectivity index (χ1) is 8.08. The van der Waals surface area contributed by atoms with Gasteiger partial charge in [-0.1, -0.05) is 6.92 Å². The zero-order valence-electron chi connectivity index (χ0n) is 10.2. The van der Waals surface area contributed by atoms with Crippen LogP contribution in [0.5, 0.6) is 0 Å². The Morgan fingerprint density at radius 1 is 1.59 bits per heavy atom. The summed E-state index contributed by atoms with van der Waals surface area (Å²) in [6, 6.07) is 5.45. The molecule has 3 heteroatoms. The standard InChI is InChI=1S/C14H17NO2/c1-4-6-11(5-2)15-12-7-8-13(14(16)17)10(3)9-12/h1,7-9,11,15H,5-6H2,2-3H3,(H,16,17). The van der Waals surface area contributed by atoms with E-state index in [9.17, 15) is 4.79 Å². The van der Waals surface area contributed by atoms with Crippen molar-refractivity contribution in [3.05, 3.63) is 29.3 Å².